The van der Waals surface area contributed by atoms with E-state index < -0.39 is 11.7 Å². The van der Waals surface area contributed by atoms with Crippen LogP contribution in [-0.2, 0) is 7.05 Å². The minimum atomic E-state index is -0.598. The summed E-state index contributed by atoms with van der Waals surface area (Å²) in [4.78, 5) is 12.1. The van der Waals surface area contributed by atoms with E-state index in [0.29, 0.717) is 11.4 Å². The molecule has 98 valence electrons. The van der Waals surface area contributed by atoms with Crippen molar-refractivity contribution in [2.45, 2.75) is 0 Å². The van der Waals surface area contributed by atoms with Gasteiger partial charge in [-0.15, -0.1) is 0 Å². The predicted molar refractivity (Wildman–Crippen MR) is 73.4 cm³/mol. The van der Waals surface area contributed by atoms with Gasteiger partial charge in [0.1, 0.15) is 16.6 Å². The predicted octanol–water partition coefficient (Wildman–Crippen LogP) is 1.45. The Bertz CT molecular complexity index is 653. The Balaban J connectivity index is 2.32. The van der Waals surface area contributed by atoms with E-state index in [4.69, 9.17) is 18.0 Å². The van der Waals surface area contributed by atoms with E-state index in [2.05, 4.69) is 10.4 Å². The van der Waals surface area contributed by atoms with Crippen LogP contribution >= 0.6 is 12.2 Å². The Morgan fingerprint density at radius 2 is 2.11 bits per heavy atom. The number of benzene rings is 1. The molecule has 0 spiro atoms. The summed E-state index contributed by atoms with van der Waals surface area (Å²) in [6, 6.07) is 5.69. The molecule has 0 atom stereocenters. The van der Waals surface area contributed by atoms with Crippen molar-refractivity contribution >= 4 is 28.9 Å². The topological polar surface area (TPSA) is 72.9 Å². The first-order valence-electron chi connectivity index (χ1n) is 5.38. The maximum absolute atomic E-state index is 13.5. The van der Waals surface area contributed by atoms with Crippen molar-refractivity contribution in [3.63, 3.8) is 0 Å². The zero-order valence-electron chi connectivity index (χ0n) is 10.1. The SMILES string of the molecule is Cn1ncc(C(N)=S)c1NC(=O)c1ccccc1F. The van der Waals surface area contributed by atoms with Crippen LogP contribution in [0.2, 0.25) is 0 Å². The number of hydrogen-bond donors (Lipinski definition) is 2. The fourth-order valence-corrected chi connectivity index (χ4v) is 1.74. The number of anilines is 1. The van der Waals surface area contributed by atoms with Crippen LogP contribution < -0.4 is 11.1 Å². The maximum Gasteiger partial charge on any atom is 0.259 e. The summed E-state index contributed by atoms with van der Waals surface area (Å²) in [6.45, 7) is 0. The van der Waals surface area contributed by atoms with Crippen LogP contribution in [0.25, 0.3) is 0 Å². The lowest BCUT2D eigenvalue weighted by atomic mass is 10.2. The molecule has 7 heteroatoms. The van der Waals surface area contributed by atoms with Crippen LogP contribution in [0.4, 0.5) is 10.2 Å². The maximum atomic E-state index is 13.5. The van der Waals surface area contributed by atoms with E-state index in [0.717, 1.165) is 0 Å². The third kappa shape index (κ3) is 2.60. The van der Waals surface area contributed by atoms with Crippen molar-refractivity contribution in [1.29, 1.82) is 0 Å². The first-order valence-corrected chi connectivity index (χ1v) is 5.79. The van der Waals surface area contributed by atoms with Gasteiger partial charge in [-0.1, -0.05) is 24.4 Å². The number of halogens is 1. The molecule has 1 heterocycles. The Morgan fingerprint density at radius 1 is 1.42 bits per heavy atom. The van der Waals surface area contributed by atoms with Crippen LogP contribution in [0.15, 0.2) is 30.5 Å². The highest BCUT2D eigenvalue weighted by molar-refractivity contribution is 7.80. The van der Waals surface area contributed by atoms with Gasteiger partial charge in [-0.2, -0.15) is 5.10 Å². The standard InChI is InChI=1S/C12H11FN4OS/c1-17-11(8(6-15-17)10(14)19)16-12(18)7-4-2-3-5-9(7)13/h2-6H,1H3,(H2,14,19)(H,16,18). The summed E-state index contributed by atoms with van der Waals surface area (Å²) in [5, 5.41) is 6.50. The van der Waals surface area contributed by atoms with Gasteiger partial charge >= 0.3 is 0 Å². The average molecular weight is 278 g/mol. The number of carbonyl (C=O) groups is 1. The van der Waals surface area contributed by atoms with Crippen molar-refractivity contribution in [2.75, 3.05) is 5.32 Å². The van der Waals surface area contributed by atoms with Crippen molar-refractivity contribution in [3.8, 4) is 0 Å². The second-order valence-electron chi connectivity index (χ2n) is 3.83. The number of aromatic nitrogens is 2. The molecular weight excluding hydrogens is 267 g/mol. The number of nitrogens with zero attached hydrogens (tertiary/aromatic N) is 2. The Hall–Kier alpha value is -2.28. The fourth-order valence-electron chi connectivity index (χ4n) is 1.59. The number of nitrogens with two attached hydrogens (primary N) is 1. The molecule has 0 saturated heterocycles. The Kier molecular flexibility index (Phi) is 3.57. The van der Waals surface area contributed by atoms with Gasteiger partial charge < -0.3 is 11.1 Å². The van der Waals surface area contributed by atoms with E-state index in [-0.39, 0.29) is 10.6 Å². The average Bonchev–Trinajstić information content (AvgIpc) is 2.71. The summed E-state index contributed by atoms with van der Waals surface area (Å²) >= 11 is 4.86. The van der Waals surface area contributed by atoms with Gasteiger partial charge in [-0.3, -0.25) is 9.48 Å². The van der Waals surface area contributed by atoms with Crippen molar-refractivity contribution in [3.05, 3.63) is 47.4 Å². The molecule has 0 bridgehead atoms. The lowest BCUT2D eigenvalue weighted by Crippen LogP contribution is -2.19. The summed E-state index contributed by atoms with van der Waals surface area (Å²) < 4.78 is 14.9. The largest absolute Gasteiger partial charge is 0.389 e. The van der Waals surface area contributed by atoms with Gasteiger partial charge in [0.2, 0.25) is 0 Å². The molecule has 0 saturated carbocycles. The summed E-state index contributed by atoms with van der Waals surface area (Å²) in [5.74, 6) is -0.848. The number of aryl methyl sites for hydroxylation is 1. The molecule has 2 rings (SSSR count). The van der Waals surface area contributed by atoms with Crippen LogP contribution in [-0.4, -0.2) is 20.7 Å². The molecule has 19 heavy (non-hydrogen) atoms. The molecule has 0 fully saturated rings. The first kappa shape index (κ1) is 13.2. The van der Waals surface area contributed by atoms with Crippen molar-refractivity contribution in [1.82, 2.24) is 9.78 Å². The van der Waals surface area contributed by atoms with Gasteiger partial charge in [0.15, 0.2) is 0 Å². The number of hydrogen-bond acceptors (Lipinski definition) is 3. The molecule has 0 aliphatic carbocycles. The summed E-state index contributed by atoms with van der Waals surface area (Å²) in [6.07, 6.45) is 1.44. The normalized spacial score (nSPS) is 10.2. The Morgan fingerprint density at radius 3 is 2.74 bits per heavy atom. The van der Waals surface area contributed by atoms with Crippen LogP contribution in [0.5, 0.6) is 0 Å². The van der Waals surface area contributed by atoms with E-state index in [1.807, 2.05) is 0 Å². The van der Waals surface area contributed by atoms with Gasteiger partial charge in [-0.25, -0.2) is 4.39 Å². The van der Waals surface area contributed by atoms with Gasteiger partial charge in [-0.05, 0) is 12.1 Å². The molecule has 1 aromatic carbocycles. The van der Waals surface area contributed by atoms with E-state index >= 15 is 0 Å². The lowest BCUT2D eigenvalue weighted by molar-refractivity contribution is 0.102. The van der Waals surface area contributed by atoms with Gasteiger partial charge in [0, 0.05) is 7.05 Å². The van der Waals surface area contributed by atoms with E-state index in [9.17, 15) is 9.18 Å². The highest BCUT2D eigenvalue weighted by atomic mass is 32.1. The quantitative estimate of drug-likeness (QED) is 0.833. The van der Waals surface area contributed by atoms with Crippen LogP contribution in [0, 0.1) is 5.82 Å². The minimum Gasteiger partial charge on any atom is -0.389 e. The first-order chi connectivity index (χ1) is 9.00. The molecule has 1 aromatic heterocycles. The summed E-state index contributed by atoms with van der Waals surface area (Å²) in [5.41, 5.74) is 5.90. The van der Waals surface area contributed by atoms with Crippen molar-refractivity contribution in [2.24, 2.45) is 12.8 Å². The van der Waals surface area contributed by atoms with Crippen LogP contribution in [0.3, 0.4) is 0 Å². The number of amides is 1. The van der Waals surface area contributed by atoms with E-state index in [1.165, 1.54) is 29.1 Å². The zero-order chi connectivity index (χ0) is 14.0. The minimum absolute atomic E-state index is 0.0578. The van der Waals surface area contributed by atoms with Crippen molar-refractivity contribution < 1.29 is 9.18 Å². The third-order valence-electron chi connectivity index (χ3n) is 2.55. The molecule has 0 aliphatic heterocycles. The molecule has 0 unspecified atom stereocenters. The summed E-state index contributed by atoms with van der Waals surface area (Å²) in [7, 11) is 1.62. The second-order valence-corrected chi connectivity index (χ2v) is 4.27. The molecule has 5 nitrogen and oxygen atoms in total. The number of rotatable bonds is 3. The van der Waals surface area contributed by atoms with E-state index in [1.54, 1.807) is 13.1 Å². The zero-order valence-corrected chi connectivity index (χ0v) is 10.9. The molecule has 3 N–H and O–H groups in total. The number of carbonyl (C=O) groups excluding carboxylic acids is 1. The Labute approximate surface area is 114 Å². The number of nitrogens with one attached hydrogen (secondary N) is 1. The molecular formula is C12H11FN4OS. The van der Waals surface area contributed by atoms with Gasteiger partial charge in [0.25, 0.3) is 5.91 Å². The molecule has 0 aliphatic rings. The number of thiocarbonyl (C=S) groups is 1. The highest BCUT2D eigenvalue weighted by Gasteiger charge is 2.16. The third-order valence-corrected chi connectivity index (χ3v) is 2.77. The van der Waals surface area contributed by atoms with Crippen LogP contribution in [0.1, 0.15) is 15.9 Å². The smallest absolute Gasteiger partial charge is 0.259 e. The molecule has 2 aromatic rings. The fraction of sp³-hybridized carbons (Fsp3) is 0.0833. The second kappa shape index (κ2) is 5.15. The highest BCUT2D eigenvalue weighted by Crippen LogP contribution is 2.16. The molecule has 1 amide bonds. The molecule has 0 radical (unpaired) electrons. The monoisotopic (exact) mass is 278 g/mol. The lowest BCUT2D eigenvalue weighted by Gasteiger charge is -2.08. The van der Waals surface area contributed by atoms with Gasteiger partial charge in [0.05, 0.1) is 17.3 Å².